The second kappa shape index (κ2) is 6.84. The van der Waals surface area contributed by atoms with Gasteiger partial charge in [0.1, 0.15) is 0 Å². The van der Waals surface area contributed by atoms with Crippen LogP contribution in [0.15, 0.2) is 29.3 Å². The summed E-state index contributed by atoms with van der Waals surface area (Å²) in [5, 5.41) is 0. The quantitative estimate of drug-likeness (QED) is 0.192. The lowest BCUT2D eigenvalue weighted by atomic mass is 10.3. The number of amides is 1. The van der Waals surface area contributed by atoms with Gasteiger partial charge in [-0.25, -0.2) is 9.79 Å². The SMILES string of the molecule is CCOC(=O)C(=O)NNc1ccc(N=C(N)N)cc1. The number of hydrogen-bond acceptors (Lipinski definition) is 5. The van der Waals surface area contributed by atoms with Gasteiger partial charge in [-0.3, -0.25) is 15.6 Å². The van der Waals surface area contributed by atoms with E-state index >= 15 is 0 Å². The van der Waals surface area contributed by atoms with Crippen molar-refractivity contribution < 1.29 is 14.3 Å². The summed E-state index contributed by atoms with van der Waals surface area (Å²) >= 11 is 0. The number of hydrogen-bond donors (Lipinski definition) is 4. The minimum Gasteiger partial charge on any atom is -0.459 e. The molecule has 0 radical (unpaired) electrons. The van der Waals surface area contributed by atoms with Crippen LogP contribution in [0.2, 0.25) is 0 Å². The minimum atomic E-state index is -0.952. The van der Waals surface area contributed by atoms with E-state index in [-0.39, 0.29) is 12.6 Å². The summed E-state index contributed by atoms with van der Waals surface area (Å²) in [6.07, 6.45) is 0. The molecular weight excluding hydrogens is 250 g/mol. The van der Waals surface area contributed by atoms with Gasteiger partial charge in [0.25, 0.3) is 0 Å². The molecule has 8 nitrogen and oxygen atoms in total. The third-order valence-electron chi connectivity index (χ3n) is 1.91. The van der Waals surface area contributed by atoms with Gasteiger partial charge in [0.2, 0.25) is 0 Å². The van der Waals surface area contributed by atoms with Crippen molar-refractivity contribution in [1.29, 1.82) is 0 Å². The van der Waals surface area contributed by atoms with E-state index in [1.165, 1.54) is 0 Å². The fourth-order valence-corrected chi connectivity index (χ4v) is 1.14. The Morgan fingerprint density at radius 2 is 1.89 bits per heavy atom. The van der Waals surface area contributed by atoms with Crippen LogP contribution in [0.4, 0.5) is 11.4 Å². The summed E-state index contributed by atoms with van der Waals surface area (Å²) in [5.74, 6) is -1.88. The molecule has 6 N–H and O–H groups in total. The van der Waals surface area contributed by atoms with Gasteiger partial charge in [0.15, 0.2) is 5.96 Å². The molecule has 0 unspecified atom stereocenters. The Labute approximate surface area is 109 Å². The van der Waals surface area contributed by atoms with Crippen LogP contribution in [0.3, 0.4) is 0 Å². The molecule has 1 aromatic rings. The van der Waals surface area contributed by atoms with Gasteiger partial charge >= 0.3 is 11.9 Å². The first kappa shape index (κ1) is 14.3. The molecule has 0 fully saturated rings. The number of rotatable bonds is 4. The molecule has 0 saturated heterocycles. The van der Waals surface area contributed by atoms with Crippen molar-refractivity contribution in [2.45, 2.75) is 6.92 Å². The number of anilines is 1. The second-order valence-corrected chi connectivity index (χ2v) is 3.38. The normalized spacial score (nSPS) is 9.32. The standard InChI is InChI=1S/C11H15N5O3/c1-2-19-10(18)9(17)16-15-8-5-3-7(4-6-8)14-11(12)13/h3-6,15H,2H2,1H3,(H,16,17)(H4,12,13,14). The average Bonchev–Trinajstić information content (AvgIpc) is 2.37. The van der Waals surface area contributed by atoms with E-state index in [1.807, 2.05) is 0 Å². The van der Waals surface area contributed by atoms with Crippen molar-refractivity contribution in [2.75, 3.05) is 12.0 Å². The summed E-state index contributed by atoms with van der Waals surface area (Å²) in [4.78, 5) is 26.1. The Kier molecular flexibility index (Phi) is 5.15. The summed E-state index contributed by atoms with van der Waals surface area (Å²) < 4.78 is 4.52. The minimum absolute atomic E-state index is 0.0451. The fraction of sp³-hybridized carbons (Fsp3) is 0.182. The molecule has 1 amide bonds. The van der Waals surface area contributed by atoms with Gasteiger partial charge in [0, 0.05) is 0 Å². The molecule has 0 heterocycles. The molecule has 1 aromatic carbocycles. The number of carbonyl (C=O) groups excluding carboxylic acids is 2. The molecule has 0 aliphatic carbocycles. The highest BCUT2D eigenvalue weighted by molar-refractivity contribution is 6.32. The van der Waals surface area contributed by atoms with Crippen LogP contribution >= 0.6 is 0 Å². The Morgan fingerprint density at radius 1 is 1.26 bits per heavy atom. The average molecular weight is 265 g/mol. The molecule has 0 aromatic heterocycles. The molecule has 0 aliphatic heterocycles. The zero-order valence-electron chi connectivity index (χ0n) is 10.3. The van der Waals surface area contributed by atoms with Crippen LogP contribution < -0.4 is 22.3 Å². The van der Waals surface area contributed by atoms with E-state index in [0.717, 1.165) is 0 Å². The maximum atomic E-state index is 11.2. The van der Waals surface area contributed by atoms with E-state index in [0.29, 0.717) is 11.4 Å². The van der Waals surface area contributed by atoms with E-state index in [2.05, 4.69) is 20.6 Å². The van der Waals surface area contributed by atoms with E-state index in [4.69, 9.17) is 11.5 Å². The van der Waals surface area contributed by atoms with Crippen LogP contribution in [-0.4, -0.2) is 24.4 Å². The first-order chi connectivity index (χ1) is 9.02. The summed E-state index contributed by atoms with van der Waals surface area (Å²) in [7, 11) is 0. The first-order valence-corrected chi connectivity index (χ1v) is 5.45. The number of benzene rings is 1. The lowest BCUT2D eigenvalue weighted by Gasteiger charge is -2.07. The van der Waals surface area contributed by atoms with Crippen LogP contribution in [0.1, 0.15) is 6.92 Å². The van der Waals surface area contributed by atoms with Gasteiger partial charge in [0.05, 0.1) is 18.0 Å². The van der Waals surface area contributed by atoms with Crippen molar-refractivity contribution in [3.05, 3.63) is 24.3 Å². The smallest absolute Gasteiger partial charge is 0.398 e. The predicted octanol–water partition coefficient (Wildman–Crippen LogP) is -0.402. The molecule has 19 heavy (non-hydrogen) atoms. The molecule has 8 heteroatoms. The summed E-state index contributed by atoms with van der Waals surface area (Å²) in [5.41, 5.74) is 16.3. The highest BCUT2D eigenvalue weighted by atomic mass is 16.5. The fourth-order valence-electron chi connectivity index (χ4n) is 1.14. The van der Waals surface area contributed by atoms with E-state index < -0.39 is 11.9 Å². The Morgan fingerprint density at radius 3 is 2.42 bits per heavy atom. The zero-order valence-corrected chi connectivity index (χ0v) is 10.3. The van der Waals surface area contributed by atoms with Crippen LogP contribution in [-0.2, 0) is 14.3 Å². The van der Waals surface area contributed by atoms with Gasteiger partial charge < -0.3 is 16.2 Å². The van der Waals surface area contributed by atoms with Gasteiger partial charge in [-0.1, -0.05) is 0 Å². The van der Waals surface area contributed by atoms with Crippen molar-refractivity contribution in [2.24, 2.45) is 16.5 Å². The lowest BCUT2D eigenvalue weighted by Crippen LogP contribution is -2.36. The van der Waals surface area contributed by atoms with E-state index in [1.54, 1.807) is 31.2 Å². The molecule has 0 spiro atoms. The van der Waals surface area contributed by atoms with Gasteiger partial charge in [-0.05, 0) is 31.2 Å². The third-order valence-corrected chi connectivity index (χ3v) is 1.91. The Balaban J connectivity index is 2.52. The monoisotopic (exact) mass is 265 g/mol. The topological polar surface area (TPSA) is 132 Å². The number of ether oxygens (including phenoxy) is 1. The summed E-state index contributed by atoms with van der Waals surface area (Å²) in [6.45, 7) is 1.75. The Hall–Kier alpha value is -2.77. The van der Waals surface area contributed by atoms with Crippen LogP contribution in [0.5, 0.6) is 0 Å². The number of carbonyl (C=O) groups is 2. The maximum Gasteiger partial charge on any atom is 0.398 e. The number of nitrogens with two attached hydrogens (primary N) is 2. The number of aliphatic imine (C=N–C) groups is 1. The summed E-state index contributed by atoms with van der Waals surface area (Å²) in [6, 6.07) is 6.54. The Bertz CT molecular complexity index is 480. The number of guanidine groups is 1. The number of hydrazine groups is 1. The lowest BCUT2D eigenvalue weighted by molar-refractivity contribution is -0.154. The highest BCUT2D eigenvalue weighted by Crippen LogP contribution is 2.15. The predicted molar refractivity (Wildman–Crippen MR) is 70.3 cm³/mol. The zero-order chi connectivity index (χ0) is 14.3. The van der Waals surface area contributed by atoms with Gasteiger partial charge in [-0.15, -0.1) is 0 Å². The number of nitrogens with zero attached hydrogens (tertiary/aromatic N) is 1. The van der Waals surface area contributed by atoms with E-state index in [9.17, 15) is 9.59 Å². The molecule has 0 bridgehead atoms. The van der Waals surface area contributed by atoms with Gasteiger partial charge in [-0.2, -0.15) is 0 Å². The molecule has 102 valence electrons. The largest absolute Gasteiger partial charge is 0.459 e. The second-order valence-electron chi connectivity index (χ2n) is 3.38. The molecule has 1 rings (SSSR count). The number of nitrogens with one attached hydrogen (secondary N) is 2. The van der Waals surface area contributed by atoms with Crippen LogP contribution in [0.25, 0.3) is 0 Å². The van der Waals surface area contributed by atoms with Crippen molar-refractivity contribution in [3.8, 4) is 0 Å². The molecule has 0 atom stereocenters. The molecule has 0 saturated carbocycles. The maximum absolute atomic E-state index is 11.2. The third kappa shape index (κ3) is 4.94. The van der Waals surface area contributed by atoms with Crippen molar-refractivity contribution in [3.63, 3.8) is 0 Å². The highest BCUT2D eigenvalue weighted by Gasteiger charge is 2.13. The van der Waals surface area contributed by atoms with Crippen molar-refractivity contribution in [1.82, 2.24) is 5.43 Å². The van der Waals surface area contributed by atoms with Crippen molar-refractivity contribution >= 4 is 29.2 Å². The first-order valence-electron chi connectivity index (χ1n) is 5.45. The molecular formula is C11H15N5O3. The van der Waals surface area contributed by atoms with Crippen LogP contribution in [0, 0.1) is 0 Å². The number of esters is 1. The molecule has 0 aliphatic rings.